The first kappa shape index (κ1) is 24.3. The summed E-state index contributed by atoms with van der Waals surface area (Å²) in [6.07, 6.45) is 2.64. The number of aromatic nitrogens is 3. The van der Waals surface area contributed by atoms with Gasteiger partial charge in [-0.3, -0.25) is 9.89 Å². The molecular weight excluding hydrogens is 498 g/mol. The monoisotopic (exact) mass is 530 g/mol. The van der Waals surface area contributed by atoms with Crippen molar-refractivity contribution in [3.8, 4) is 0 Å². The first-order valence-corrected chi connectivity index (χ1v) is 10.2. The molecule has 1 fully saturated rings. The van der Waals surface area contributed by atoms with E-state index in [2.05, 4.69) is 47.1 Å². The van der Waals surface area contributed by atoms with E-state index in [0.29, 0.717) is 0 Å². The van der Waals surface area contributed by atoms with Crippen LogP contribution in [0.25, 0.3) is 0 Å². The molecule has 166 valence electrons. The van der Waals surface area contributed by atoms with Crippen LogP contribution in [-0.4, -0.2) is 78.5 Å². The van der Waals surface area contributed by atoms with Gasteiger partial charge < -0.3 is 20.1 Å². The maximum atomic E-state index is 13.1. The Kier molecular flexibility index (Phi) is 10.3. The highest BCUT2D eigenvalue weighted by Crippen LogP contribution is 2.16. The van der Waals surface area contributed by atoms with Gasteiger partial charge in [-0.1, -0.05) is 6.92 Å². The van der Waals surface area contributed by atoms with Crippen molar-refractivity contribution in [1.82, 2.24) is 30.3 Å². The van der Waals surface area contributed by atoms with Gasteiger partial charge in [0, 0.05) is 71.5 Å². The van der Waals surface area contributed by atoms with Crippen molar-refractivity contribution in [3.63, 3.8) is 0 Å². The van der Waals surface area contributed by atoms with Crippen LogP contribution in [0.4, 0.5) is 10.1 Å². The minimum atomic E-state index is -0.187. The lowest BCUT2D eigenvalue weighted by Gasteiger charge is -2.36. The zero-order valence-electron chi connectivity index (χ0n) is 17.7. The number of rotatable bonds is 8. The van der Waals surface area contributed by atoms with Crippen LogP contribution in [0.3, 0.4) is 0 Å². The first-order valence-electron chi connectivity index (χ1n) is 10.2. The molecule has 1 aliphatic rings. The largest absolute Gasteiger partial charge is 0.369 e. The smallest absolute Gasteiger partial charge is 0.191 e. The summed E-state index contributed by atoms with van der Waals surface area (Å²) in [5.41, 5.74) is 1.09. The molecule has 2 N–H and O–H groups in total. The molecule has 0 bridgehead atoms. The summed E-state index contributed by atoms with van der Waals surface area (Å²) in [6, 6.07) is 6.75. The zero-order chi connectivity index (χ0) is 20.5. The van der Waals surface area contributed by atoms with Gasteiger partial charge in [-0.05, 0) is 24.3 Å². The summed E-state index contributed by atoms with van der Waals surface area (Å²) in [5.74, 6) is 1.61. The molecule has 0 amide bonds. The Bertz CT molecular complexity index is 771. The lowest BCUT2D eigenvalue weighted by molar-refractivity contribution is 0.261. The maximum Gasteiger partial charge on any atom is 0.191 e. The second-order valence-electron chi connectivity index (χ2n) is 7.02. The third-order valence-corrected chi connectivity index (χ3v) is 5.17. The summed E-state index contributed by atoms with van der Waals surface area (Å²) in [7, 11) is 1.78. The van der Waals surface area contributed by atoms with E-state index < -0.39 is 0 Å². The van der Waals surface area contributed by atoms with E-state index >= 15 is 0 Å². The van der Waals surface area contributed by atoms with Crippen molar-refractivity contribution >= 4 is 35.6 Å². The van der Waals surface area contributed by atoms with E-state index in [0.717, 1.165) is 76.3 Å². The van der Waals surface area contributed by atoms with E-state index in [9.17, 15) is 4.39 Å². The second kappa shape index (κ2) is 12.7. The number of anilines is 1. The number of hydrogen-bond acceptors (Lipinski definition) is 5. The Hall–Kier alpha value is -1.95. The van der Waals surface area contributed by atoms with Gasteiger partial charge in [0.25, 0.3) is 0 Å². The Morgan fingerprint density at radius 3 is 2.37 bits per heavy atom. The molecule has 0 spiro atoms. The van der Waals surface area contributed by atoms with Crippen molar-refractivity contribution in [2.45, 2.75) is 19.9 Å². The lowest BCUT2D eigenvalue weighted by atomic mass is 10.2. The molecule has 0 radical (unpaired) electrons. The number of aryl methyl sites for hydroxylation is 1. The molecule has 2 heterocycles. The van der Waals surface area contributed by atoms with Crippen LogP contribution < -0.4 is 15.5 Å². The van der Waals surface area contributed by atoms with Gasteiger partial charge in [-0.25, -0.2) is 4.39 Å². The van der Waals surface area contributed by atoms with Gasteiger partial charge >= 0.3 is 0 Å². The molecule has 1 aromatic carbocycles. The third kappa shape index (κ3) is 7.08. The molecule has 0 atom stereocenters. The first-order chi connectivity index (χ1) is 14.2. The average Bonchev–Trinajstić information content (AvgIpc) is 3.21. The molecule has 3 rings (SSSR count). The van der Waals surface area contributed by atoms with Crippen LogP contribution in [0, 0.1) is 5.82 Å². The fourth-order valence-electron chi connectivity index (χ4n) is 3.47. The predicted octanol–water partition coefficient (Wildman–Crippen LogP) is 1.58. The van der Waals surface area contributed by atoms with Crippen molar-refractivity contribution in [1.29, 1.82) is 0 Å². The summed E-state index contributed by atoms with van der Waals surface area (Å²) in [4.78, 5) is 9.03. The van der Waals surface area contributed by atoms with Crippen LogP contribution in [0.15, 0.2) is 35.6 Å². The standard InChI is InChI=1S/C20H31FN8.HI/c1-3-19-26-25-16-29(19)11-9-24-20(22-2)23-8-10-27-12-14-28(15-13-27)18-6-4-17(21)5-7-18;/h4-7,16H,3,8-15H2,1-2H3,(H2,22,23,24);1H. The SMILES string of the molecule is CCc1nncn1CCNC(=NC)NCCN1CCN(c2ccc(F)cc2)CC1.I. The Morgan fingerprint density at radius 1 is 1.07 bits per heavy atom. The topological polar surface area (TPSA) is 73.6 Å². The Balaban J connectivity index is 0.00000320. The summed E-state index contributed by atoms with van der Waals surface area (Å²) < 4.78 is 15.1. The Morgan fingerprint density at radius 2 is 1.73 bits per heavy atom. The molecular formula is C20H32FIN8. The number of hydrogen-bond donors (Lipinski definition) is 2. The van der Waals surface area contributed by atoms with Gasteiger partial charge in [0.1, 0.15) is 18.0 Å². The van der Waals surface area contributed by atoms with Crippen molar-refractivity contribution in [3.05, 3.63) is 42.2 Å². The van der Waals surface area contributed by atoms with Gasteiger partial charge in [0.2, 0.25) is 0 Å². The van der Waals surface area contributed by atoms with Crippen molar-refractivity contribution in [2.75, 3.05) is 57.8 Å². The second-order valence-corrected chi connectivity index (χ2v) is 7.02. The molecule has 0 aliphatic carbocycles. The molecule has 0 unspecified atom stereocenters. The molecule has 10 heteroatoms. The highest BCUT2D eigenvalue weighted by atomic mass is 127. The molecule has 2 aromatic rings. The normalized spacial score (nSPS) is 15.0. The van der Waals surface area contributed by atoms with Gasteiger partial charge in [0.15, 0.2) is 5.96 Å². The number of halogens is 2. The van der Waals surface area contributed by atoms with E-state index in [4.69, 9.17) is 0 Å². The number of nitrogens with zero attached hydrogens (tertiary/aromatic N) is 6. The summed E-state index contributed by atoms with van der Waals surface area (Å²) in [5, 5.41) is 14.8. The highest BCUT2D eigenvalue weighted by molar-refractivity contribution is 14.0. The van der Waals surface area contributed by atoms with Crippen LogP contribution in [0.5, 0.6) is 0 Å². The zero-order valence-corrected chi connectivity index (χ0v) is 20.1. The van der Waals surface area contributed by atoms with Crippen LogP contribution in [0.2, 0.25) is 0 Å². The van der Waals surface area contributed by atoms with E-state index in [1.165, 1.54) is 12.1 Å². The average molecular weight is 530 g/mol. The molecule has 8 nitrogen and oxygen atoms in total. The Labute approximate surface area is 195 Å². The number of aliphatic imine (C=N–C) groups is 1. The van der Waals surface area contributed by atoms with E-state index in [-0.39, 0.29) is 29.8 Å². The van der Waals surface area contributed by atoms with E-state index in [1.54, 1.807) is 13.4 Å². The fraction of sp³-hybridized carbons (Fsp3) is 0.550. The fourth-order valence-corrected chi connectivity index (χ4v) is 3.47. The van der Waals surface area contributed by atoms with Crippen molar-refractivity contribution < 1.29 is 4.39 Å². The van der Waals surface area contributed by atoms with Crippen LogP contribution in [0.1, 0.15) is 12.7 Å². The lowest BCUT2D eigenvalue weighted by Crippen LogP contribution is -2.49. The molecule has 1 saturated heterocycles. The van der Waals surface area contributed by atoms with Crippen LogP contribution in [-0.2, 0) is 13.0 Å². The quantitative estimate of drug-likeness (QED) is 0.307. The number of nitrogens with one attached hydrogen (secondary N) is 2. The number of piperazine rings is 1. The van der Waals surface area contributed by atoms with Crippen LogP contribution >= 0.6 is 24.0 Å². The van der Waals surface area contributed by atoms with Gasteiger partial charge in [-0.15, -0.1) is 34.2 Å². The molecule has 1 aromatic heterocycles. The third-order valence-electron chi connectivity index (χ3n) is 5.17. The minimum absolute atomic E-state index is 0. The van der Waals surface area contributed by atoms with E-state index in [1.807, 2.05) is 12.1 Å². The molecule has 1 aliphatic heterocycles. The number of benzene rings is 1. The minimum Gasteiger partial charge on any atom is -0.369 e. The van der Waals surface area contributed by atoms with Crippen molar-refractivity contribution in [2.24, 2.45) is 4.99 Å². The number of guanidine groups is 1. The van der Waals surface area contributed by atoms with Gasteiger partial charge in [0.05, 0.1) is 0 Å². The highest BCUT2D eigenvalue weighted by Gasteiger charge is 2.16. The maximum absolute atomic E-state index is 13.1. The summed E-state index contributed by atoms with van der Waals surface area (Å²) >= 11 is 0. The predicted molar refractivity (Wildman–Crippen MR) is 129 cm³/mol. The van der Waals surface area contributed by atoms with Gasteiger partial charge in [-0.2, -0.15) is 0 Å². The molecule has 30 heavy (non-hydrogen) atoms. The molecule has 0 saturated carbocycles. The summed E-state index contributed by atoms with van der Waals surface area (Å²) in [6.45, 7) is 9.36.